The Kier molecular flexibility index (Phi) is 4.80. The monoisotopic (exact) mass is 311 g/mol. The summed E-state index contributed by atoms with van der Waals surface area (Å²) >= 11 is 3.18. The number of amides is 1. The fourth-order valence-electron chi connectivity index (χ4n) is 1.28. The smallest absolute Gasteiger partial charge is 0.271 e. The SMILES string of the molecule is CCC(C#N)C(=O)Nc1cc([N+](=O)[O-])ccc1Br. The Hall–Kier alpha value is -1.94. The van der Waals surface area contributed by atoms with E-state index in [0.717, 1.165) is 0 Å². The highest BCUT2D eigenvalue weighted by atomic mass is 79.9. The van der Waals surface area contributed by atoms with E-state index in [-0.39, 0.29) is 11.4 Å². The summed E-state index contributed by atoms with van der Waals surface area (Å²) in [5.74, 6) is -1.24. The molecule has 0 radical (unpaired) electrons. The molecular weight excluding hydrogens is 302 g/mol. The van der Waals surface area contributed by atoms with Gasteiger partial charge in [0, 0.05) is 16.6 Å². The number of nitrogens with zero attached hydrogens (tertiary/aromatic N) is 2. The van der Waals surface area contributed by atoms with Crippen molar-refractivity contribution in [3.63, 3.8) is 0 Å². The molecule has 7 heteroatoms. The minimum atomic E-state index is -0.767. The minimum Gasteiger partial charge on any atom is -0.324 e. The molecule has 1 amide bonds. The molecule has 0 aliphatic carbocycles. The van der Waals surface area contributed by atoms with Crippen molar-refractivity contribution in [2.75, 3.05) is 5.32 Å². The lowest BCUT2D eigenvalue weighted by molar-refractivity contribution is -0.384. The first-order valence-electron chi connectivity index (χ1n) is 5.14. The molecule has 94 valence electrons. The highest BCUT2D eigenvalue weighted by Gasteiger charge is 2.18. The van der Waals surface area contributed by atoms with Gasteiger partial charge in [-0.15, -0.1) is 0 Å². The van der Waals surface area contributed by atoms with Crippen molar-refractivity contribution in [1.29, 1.82) is 5.26 Å². The van der Waals surface area contributed by atoms with Gasteiger partial charge in [0.05, 0.1) is 16.7 Å². The van der Waals surface area contributed by atoms with Crippen LogP contribution in [0.4, 0.5) is 11.4 Å². The molecule has 1 unspecified atom stereocenters. The third kappa shape index (κ3) is 3.28. The van der Waals surface area contributed by atoms with E-state index in [4.69, 9.17) is 5.26 Å². The van der Waals surface area contributed by atoms with Gasteiger partial charge in [0.25, 0.3) is 5.69 Å². The number of anilines is 1. The zero-order valence-corrected chi connectivity index (χ0v) is 11.1. The summed E-state index contributed by atoms with van der Waals surface area (Å²) in [4.78, 5) is 21.8. The summed E-state index contributed by atoms with van der Waals surface area (Å²) in [6.07, 6.45) is 0.384. The first-order valence-corrected chi connectivity index (χ1v) is 5.93. The Morgan fingerprint density at radius 1 is 1.67 bits per heavy atom. The summed E-state index contributed by atoms with van der Waals surface area (Å²) in [5, 5.41) is 21.9. The third-order valence-corrected chi connectivity index (χ3v) is 2.99. The Morgan fingerprint density at radius 2 is 2.33 bits per heavy atom. The van der Waals surface area contributed by atoms with Crippen LogP contribution in [0.25, 0.3) is 0 Å². The molecule has 0 aliphatic heterocycles. The van der Waals surface area contributed by atoms with Crippen LogP contribution in [0.5, 0.6) is 0 Å². The second-order valence-corrected chi connectivity index (χ2v) is 4.35. The normalized spacial score (nSPS) is 11.4. The molecule has 1 N–H and O–H groups in total. The first-order chi connectivity index (χ1) is 8.49. The van der Waals surface area contributed by atoms with Gasteiger partial charge >= 0.3 is 0 Å². The van der Waals surface area contributed by atoms with Crippen LogP contribution in [0.3, 0.4) is 0 Å². The summed E-state index contributed by atoms with van der Waals surface area (Å²) in [6, 6.07) is 5.90. The van der Waals surface area contributed by atoms with Gasteiger partial charge in [-0.1, -0.05) is 6.92 Å². The number of benzene rings is 1. The van der Waals surface area contributed by atoms with Gasteiger partial charge in [-0.25, -0.2) is 0 Å². The second-order valence-electron chi connectivity index (χ2n) is 3.50. The number of nitriles is 1. The average Bonchev–Trinajstić information content (AvgIpc) is 2.33. The largest absolute Gasteiger partial charge is 0.324 e. The minimum absolute atomic E-state index is 0.126. The van der Waals surface area contributed by atoms with Gasteiger partial charge in [0.15, 0.2) is 0 Å². The van der Waals surface area contributed by atoms with Gasteiger partial charge in [-0.05, 0) is 28.4 Å². The third-order valence-electron chi connectivity index (χ3n) is 2.30. The number of hydrogen-bond acceptors (Lipinski definition) is 4. The number of nitro benzene ring substituents is 1. The molecule has 6 nitrogen and oxygen atoms in total. The molecule has 1 atom stereocenters. The van der Waals surface area contributed by atoms with E-state index in [2.05, 4.69) is 21.2 Å². The molecule has 18 heavy (non-hydrogen) atoms. The fourth-order valence-corrected chi connectivity index (χ4v) is 1.62. The quantitative estimate of drug-likeness (QED) is 0.683. The van der Waals surface area contributed by atoms with Crippen molar-refractivity contribution >= 4 is 33.2 Å². The Balaban J connectivity index is 2.97. The maximum Gasteiger partial charge on any atom is 0.271 e. The second kappa shape index (κ2) is 6.12. The molecular formula is C11H10BrN3O3. The van der Waals surface area contributed by atoms with Crippen LogP contribution < -0.4 is 5.32 Å². The zero-order chi connectivity index (χ0) is 13.7. The fraction of sp³-hybridized carbons (Fsp3) is 0.273. The molecule has 0 saturated carbocycles. The molecule has 0 bridgehead atoms. The van der Waals surface area contributed by atoms with Gasteiger partial charge in [0.2, 0.25) is 5.91 Å². The predicted molar refractivity (Wildman–Crippen MR) is 68.8 cm³/mol. The first kappa shape index (κ1) is 14.1. The van der Waals surface area contributed by atoms with Gasteiger partial charge in [0.1, 0.15) is 5.92 Å². The highest BCUT2D eigenvalue weighted by molar-refractivity contribution is 9.10. The summed E-state index contributed by atoms with van der Waals surface area (Å²) in [7, 11) is 0. The van der Waals surface area contributed by atoms with Crippen molar-refractivity contribution in [3.8, 4) is 6.07 Å². The van der Waals surface area contributed by atoms with E-state index in [1.807, 2.05) is 6.07 Å². The number of rotatable bonds is 4. The summed E-state index contributed by atoms with van der Waals surface area (Å²) in [6.45, 7) is 1.72. The number of nitro groups is 1. The molecule has 0 fully saturated rings. The van der Waals surface area contributed by atoms with E-state index < -0.39 is 16.7 Å². The van der Waals surface area contributed by atoms with Crippen LogP contribution >= 0.6 is 15.9 Å². The lowest BCUT2D eigenvalue weighted by Gasteiger charge is -2.09. The van der Waals surface area contributed by atoms with Gasteiger partial charge in [-0.3, -0.25) is 14.9 Å². The lowest BCUT2D eigenvalue weighted by atomic mass is 10.1. The molecule has 0 saturated heterocycles. The summed E-state index contributed by atoms with van der Waals surface area (Å²) in [5.41, 5.74) is 0.154. The van der Waals surface area contributed by atoms with Crippen molar-refractivity contribution in [1.82, 2.24) is 0 Å². The van der Waals surface area contributed by atoms with Crippen LogP contribution in [0.1, 0.15) is 13.3 Å². The number of non-ortho nitro benzene ring substituents is 1. The van der Waals surface area contributed by atoms with Crippen molar-refractivity contribution in [3.05, 3.63) is 32.8 Å². The van der Waals surface area contributed by atoms with Crippen molar-refractivity contribution in [2.45, 2.75) is 13.3 Å². The standard InChI is InChI=1S/C11H10BrN3O3/c1-2-7(6-13)11(16)14-10-5-8(15(17)18)3-4-9(10)12/h3-5,7H,2H2,1H3,(H,14,16). The van der Waals surface area contributed by atoms with Crippen LogP contribution in [0.15, 0.2) is 22.7 Å². The van der Waals surface area contributed by atoms with Crippen LogP contribution in [-0.4, -0.2) is 10.8 Å². The van der Waals surface area contributed by atoms with Crippen LogP contribution in [-0.2, 0) is 4.79 Å². The molecule has 1 aromatic rings. The van der Waals surface area contributed by atoms with E-state index in [1.165, 1.54) is 18.2 Å². The molecule has 0 aliphatic rings. The molecule has 0 heterocycles. The zero-order valence-electron chi connectivity index (χ0n) is 9.51. The van der Waals surface area contributed by atoms with E-state index >= 15 is 0 Å². The van der Waals surface area contributed by atoms with Crippen LogP contribution in [0, 0.1) is 27.4 Å². The predicted octanol–water partition coefficient (Wildman–Crippen LogP) is 2.85. The number of carbonyl (C=O) groups excluding carboxylic acids is 1. The molecule has 1 aromatic carbocycles. The number of nitrogens with one attached hydrogen (secondary N) is 1. The summed E-state index contributed by atoms with van der Waals surface area (Å²) < 4.78 is 0.522. The number of hydrogen-bond donors (Lipinski definition) is 1. The molecule has 1 rings (SSSR count). The lowest BCUT2D eigenvalue weighted by Crippen LogP contribution is -2.21. The van der Waals surface area contributed by atoms with Crippen LogP contribution in [0.2, 0.25) is 0 Å². The molecule has 0 aromatic heterocycles. The highest BCUT2D eigenvalue weighted by Crippen LogP contribution is 2.27. The Labute approximate surface area is 112 Å². The average molecular weight is 312 g/mol. The van der Waals surface area contributed by atoms with Crippen molar-refractivity contribution < 1.29 is 9.72 Å². The van der Waals surface area contributed by atoms with Crippen molar-refractivity contribution in [2.24, 2.45) is 5.92 Å². The Bertz CT molecular complexity index is 525. The Morgan fingerprint density at radius 3 is 2.83 bits per heavy atom. The maximum absolute atomic E-state index is 11.7. The van der Waals surface area contributed by atoms with E-state index in [1.54, 1.807) is 6.92 Å². The number of carbonyl (C=O) groups is 1. The van der Waals surface area contributed by atoms with Gasteiger partial charge in [-0.2, -0.15) is 5.26 Å². The number of halogens is 1. The molecule has 0 spiro atoms. The topological polar surface area (TPSA) is 96.0 Å². The van der Waals surface area contributed by atoms with E-state index in [0.29, 0.717) is 10.9 Å². The van der Waals surface area contributed by atoms with Gasteiger partial charge < -0.3 is 5.32 Å². The maximum atomic E-state index is 11.7. The van der Waals surface area contributed by atoms with E-state index in [9.17, 15) is 14.9 Å².